The molecule has 0 aromatic heterocycles. The van der Waals surface area contributed by atoms with Crippen molar-refractivity contribution in [2.24, 2.45) is 5.41 Å². The molecule has 0 aliphatic rings. The van der Waals surface area contributed by atoms with Crippen molar-refractivity contribution < 1.29 is 0 Å². The van der Waals surface area contributed by atoms with Gasteiger partial charge in [-0.05, 0) is 149 Å². The first-order chi connectivity index (χ1) is 28.6. The minimum absolute atomic E-state index is 0.202. The zero-order chi connectivity index (χ0) is 42.1. The molecule has 0 heterocycles. The van der Waals surface area contributed by atoms with Gasteiger partial charge in [0.05, 0.1) is 0 Å². The number of hydrogen-bond acceptors (Lipinski definition) is 0. The molecule has 0 radical (unpaired) electrons. The van der Waals surface area contributed by atoms with E-state index in [0.29, 0.717) is 0 Å². The highest BCUT2D eigenvalue weighted by molar-refractivity contribution is 7.74. The van der Waals surface area contributed by atoms with E-state index in [1.54, 1.807) is 0 Å². The van der Waals surface area contributed by atoms with Gasteiger partial charge in [0.25, 0.3) is 0 Å². The summed E-state index contributed by atoms with van der Waals surface area (Å²) in [5, 5.41) is 6.08. The van der Waals surface area contributed by atoms with Crippen LogP contribution in [0.5, 0.6) is 0 Å². The summed E-state index contributed by atoms with van der Waals surface area (Å²) in [7, 11) is -1.76. The summed E-state index contributed by atoms with van der Waals surface area (Å²) in [6, 6.07) is 54.0. The Labute approximate surface area is 361 Å². The number of benzene rings is 6. The maximum Gasteiger partial charge on any atom is 0.0183 e. The lowest BCUT2D eigenvalue weighted by atomic mass is 9.79. The van der Waals surface area contributed by atoms with E-state index < -0.39 is 15.8 Å². The standard InChI is InChI=1S/C57H70P2/c1-11-41-29-42(12-2)34-51(33-41)58(52-35-43(13-3)30-44(14-4)36-52)55(49-25-21-19-22-26-49)57(9,10)56(50-27-23-20-24-28-50)59(53-37-45(15-5)31-46(16-6)38-53)54-39-47(17-7)32-48(18-8)40-54/h19-40,55-56H,11-18H2,1-10H3. The van der Waals surface area contributed by atoms with Crippen molar-refractivity contribution in [2.45, 2.75) is 132 Å². The zero-order valence-electron chi connectivity index (χ0n) is 37.9. The van der Waals surface area contributed by atoms with Crippen LogP contribution in [0.1, 0.15) is 136 Å². The molecular formula is C57H70P2. The number of rotatable bonds is 18. The Bertz CT molecular complexity index is 1910. The molecule has 0 amide bonds. The molecule has 6 rings (SSSR count). The van der Waals surface area contributed by atoms with Gasteiger partial charge in [0, 0.05) is 11.3 Å². The molecule has 0 saturated carbocycles. The van der Waals surface area contributed by atoms with E-state index in [-0.39, 0.29) is 16.7 Å². The van der Waals surface area contributed by atoms with Crippen molar-refractivity contribution >= 4 is 37.1 Å². The fourth-order valence-corrected chi connectivity index (χ4v) is 16.2. The van der Waals surface area contributed by atoms with Gasteiger partial charge in [0.1, 0.15) is 0 Å². The van der Waals surface area contributed by atoms with Crippen LogP contribution in [0, 0.1) is 5.41 Å². The predicted octanol–water partition coefficient (Wildman–Crippen LogP) is 14.3. The van der Waals surface area contributed by atoms with Crippen LogP contribution in [-0.2, 0) is 51.4 Å². The average Bonchev–Trinajstić information content (AvgIpc) is 3.29. The van der Waals surface area contributed by atoms with Crippen LogP contribution in [0.2, 0.25) is 0 Å². The largest absolute Gasteiger partial charge is 0.0622 e. The monoisotopic (exact) mass is 816 g/mol. The summed E-state index contributed by atoms with van der Waals surface area (Å²) in [6.07, 6.45) is 8.31. The Hall–Kier alpha value is -3.82. The van der Waals surface area contributed by atoms with E-state index in [4.69, 9.17) is 0 Å². The molecule has 6 aromatic carbocycles. The van der Waals surface area contributed by atoms with E-state index >= 15 is 0 Å². The number of hydrogen-bond donors (Lipinski definition) is 0. The fraction of sp³-hybridized carbons (Fsp3) is 0.368. The Morgan fingerprint density at radius 2 is 0.525 bits per heavy atom. The zero-order valence-corrected chi connectivity index (χ0v) is 39.7. The van der Waals surface area contributed by atoms with Gasteiger partial charge in [-0.3, -0.25) is 0 Å². The van der Waals surface area contributed by atoms with Crippen molar-refractivity contribution in [3.8, 4) is 0 Å². The molecule has 0 saturated heterocycles. The van der Waals surface area contributed by atoms with E-state index in [2.05, 4.69) is 203 Å². The second-order valence-electron chi connectivity index (χ2n) is 17.0. The lowest BCUT2D eigenvalue weighted by molar-refractivity contribution is 0.338. The third-order valence-electron chi connectivity index (χ3n) is 12.7. The summed E-state index contributed by atoms with van der Waals surface area (Å²) in [5.41, 5.74) is 14.8. The van der Waals surface area contributed by atoms with Gasteiger partial charge < -0.3 is 0 Å². The molecule has 0 aliphatic carbocycles. The van der Waals surface area contributed by atoms with Gasteiger partial charge in [-0.1, -0.05) is 203 Å². The molecule has 2 atom stereocenters. The molecule has 2 unspecified atom stereocenters. The molecule has 0 nitrogen and oxygen atoms in total. The molecular weight excluding hydrogens is 747 g/mol. The van der Waals surface area contributed by atoms with E-state index in [1.165, 1.54) is 76.9 Å². The second kappa shape index (κ2) is 20.6. The molecule has 0 aliphatic heterocycles. The van der Waals surface area contributed by atoms with Gasteiger partial charge in [0.15, 0.2) is 0 Å². The van der Waals surface area contributed by atoms with E-state index in [9.17, 15) is 0 Å². The van der Waals surface area contributed by atoms with Crippen LogP contribution in [0.3, 0.4) is 0 Å². The lowest BCUT2D eigenvalue weighted by Gasteiger charge is -2.49. The smallest absolute Gasteiger partial charge is 0.0183 e. The lowest BCUT2D eigenvalue weighted by Crippen LogP contribution is -2.36. The van der Waals surface area contributed by atoms with Crippen molar-refractivity contribution in [3.63, 3.8) is 0 Å². The normalized spacial score (nSPS) is 12.9. The summed E-state index contributed by atoms with van der Waals surface area (Å²) < 4.78 is 0. The van der Waals surface area contributed by atoms with Crippen molar-refractivity contribution in [1.82, 2.24) is 0 Å². The van der Waals surface area contributed by atoms with Crippen LogP contribution in [0.4, 0.5) is 0 Å². The van der Waals surface area contributed by atoms with Crippen LogP contribution in [-0.4, -0.2) is 0 Å². The average molecular weight is 817 g/mol. The highest BCUT2D eigenvalue weighted by atomic mass is 31.1. The quantitative estimate of drug-likeness (QED) is 0.0758. The highest BCUT2D eigenvalue weighted by Gasteiger charge is 2.48. The summed E-state index contributed by atoms with van der Waals surface area (Å²) >= 11 is 0. The maximum absolute atomic E-state index is 2.66. The summed E-state index contributed by atoms with van der Waals surface area (Å²) in [6.45, 7) is 24.0. The van der Waals surface area contributed by atoms with Gasteiger partial charge in [-0.15, -0.1) is 0 Å². The molecule has 0 bridgehead atoms. The molecule has 0 spiro atoms. The van der Waals surface area contributed by atoms with Gasteiger partial charge in [-0.2, -0.15) is 0 Å². The van der Waals surface area contributed by atoms with Gasteiger partial charge >= 0.3 is 0 Å². The minimum atomic E-state index is -0.879. The Morgan fingerprint density at radius 1 is 0.322 bits per heavy atom. The van der Waals surface area contributed by atoms with E-state index in [1.807, 2.05) is 0 Å². The molecule has 0 fully saturated rings. The molecule has 6 aromatic rings. The Balaban J connectivity index is 1.77. The third-order valence-corrected chi connectivity index (χ3v) is 18.9. The first-order valence-corrected chi connectivity index (χ1v) is 25.6. The van der Waals surface area contributed by atoms with Crippen molar-refractivity contribution in [2.75, 3.05) is 0 Å². The van der Waals surface area contributed by atoms with Crippen molar-refractivity contribution in [1.29, 1.82) is 0 Å². The first kappa shape index (κ1) is 44.7. The SMILES string of the molecule is CCc1cc(CC)cc(P(c2cc(CC)cc(CC)c2)C(c2ccccc2)C(C)(C)C(c2ccccc2)P(c2cc(CC)cc(CC)c2)c2cc(CC)cc(CC)c2)c1. The Morgan fingerprint density at radius 3 is 0.712 bits per heavy atom. The maximum atomic E-state index is 2.66. The highest BCUT2D eigenvalue weighted by Crippen LogP contribution is 2.69. The van der Waals surface area contributed by atoms with Gasteiger partial charge in [-0.25, -0.2) is 0 Å². The first-order valence-electron chi connectivity index (χ1n) is 22.8. The third kappa shape index (κ3) is 10.2. The van der Waals surface area contributed by atoms with Gasteiger partial charge in [0.2, 0.25) is 0 Å². The van der Waals surface area contributed by atoms with E-state index in [0.717, 1.165) is 51.4 Å². The summed E-state index contributed by atoms with van der Waals surface area (Å²) in [4.78, 5) is 0. The van der Waals surface area contributed by atoms with Crippen molar-refractivity contribution in [3.05, 3.63) is 189 Å². The minimum Gasteiger partial charge on any atom is -0.0622 e. The summed E-state index contributed by atoms with van der Waals surface area (Å²) in [5.74, 6) is 0. The Kier molecular flexibility index (Phi) is 15.6. The van der Waals surface area contributed by atoms with Crippen LogP contribution in [0.15, 0.2) is 133 Å². The predicted molar refractivity (Wildman–Crippen MR) is 265 cm³/mol. The van der Waals surface area contributed by atoms with Crippen LogP contribution >= 0.6 is 15.8 Å². The molecule has 2 heteroatoms. The fourth-order valence-electron chi connectivity index (χ4n) is 9.30. The molecule has 308 valence electrons. The number of aryl methyl sites for hydroxylation is 8. The van der Waals surface area contributed by atoms with Crippen LogP contribution in [0.25, 0.3) is 0 Å². The molecule has 0 N–H and O–H groups in total. The molecule has 59 heavy (non-hydrogen) atoms. The topological polar surface area (TPSA) is 0 Å². The van der Waals surface area contributed by atoms with Crippen LogP contribution < -0.4 is 21.2 Å². The second-order valence-corrected chi connectivity index (χ2v) is 21.6.